The first kappa shape index (κ1) is 19.2. The molecule has 0 aliphatic carbocycles. The molecular weight excluding hydrogens is 377 g/mol. The van der Waals surface area contributed by atoms with Gasteiger partial charge in [0.25, 0.3) is 0 Å². The Bertz CT molecular complexity index is 815. The Morgan fingerprint density at radius 3 is 2.63 bits per heavy atom. The minimum Gasteiger partial charge on any atom is -0.358 e. The van der Waals surface area contributed by atoms with E-state index in [4.69, 9.17) is 11.6 Å². The fraction of sp³-hybridized carbons (Fsp3) is 0.412. The van der Waals surface area contributed by atoms with Crippen molar-refractivity contribution in [2.24, 2.45) is 0 Å². The SMILES string of the molecule is O=C(CCn1ccc([N+](=O)[O-])n1)N1CCN(Cc2c(F)cccc2Cl)CC1. The second-order valence-corrected chi connectivity index (χ2v) is 6.71. The van der Waals surface area contributed by atoms with Crippen molar-refractivity contribution >= 4 is 23.3 Å². The number of rotatable bonds is 6. The van der Waals surface area contributed by atoms with Gasteiger partial charge in [0.1, 0.15) is 5.82 Å². The summed E-state index contributed by atoms with van der Waals surface area (Å²) in [5.41, 5.74) is 0.471. The van der Waals surface area contributed by atoms with Crippen LogP contribution in [-0.2, 0) is 17.9 Å². The first-order chi connectivity index (χ1) is 12.9. The van der Waals surface area contributed by atoms with E-state index in [1.165, 1.54) is 23.0 Å². The number of nitrogens with zero attached hydrogens (tertiary/aromatic N) is 5. The van der Waals surface area contributed by atoms with Crippen molar-refractivity contribution in [2.45, 2.75) is 19.5 Å². The fourth-order valence-electron chi connectivity index (χ4n) is 3.00. The number of amides is 1. The molecule has 0 unspecified atom stereocenters. The lowest BCUT2D eigenvalue weighted by Crippen LogP contribution is -2.48. The molecule has 0 bridgehead atoms. The monoisotopic (exact) mass is 395 g/mol. The second-order valence-electron chi connectivity index (χ2n) is 6.30. The van der Waals surface area contributed by atoms with Crippen molar-refractivity contribution in [1.82, 2.24) is 19.6 Å². The summed E-state index contributed by atoms with van der Waals surface area (Å²) in [5.74, 6) is -0.589. The number of carbonyl (C=O) groups is 1. The summed E-state index contributed by atoms with van der Waals surface area (Å²) in [7, 11) is 0. The van der Waals surface area contributed by atoms with Gasteiger partial charge < -0.3 is 15.0 Å². The molecule has 1 saturated heterocycles. The van der Waals surface area contributed by atoms with E-state index in [9.17, 15) is 19.3 Å². The minimum atomic E-state index is -0.570. The average Bonchev–Trinajstić information content (AvgIpc) is 3.13. The molecule has 0 spiro atoms. The Labute approximate surface area is 160 Å². The van der Waals surface area contributed by atoms with E-state index >= 15 is 0 Å². The zero-order valence-corrected chi connectivity index (χ0v) is 15.3. The summed E-state index contributed by atoms with van der Waals surface area (Å²) in [6, 6.07) is 5.93. The lowest BCUT2D eigenvalue weighted by Gasteiger charge is -2.35. The lowest BCUT2D eigenvalue weighted by molar-refractivity contribution is -0.389. The summed E-state index contributed by atoms with van der Waals surface area (Å²) in [5, 5.41) is 14.8. The van der Waals surface area contributed by atoms with Crippen LogP contribution in [0.2, 0.25) is 5.02 Å². The summed E-state index contributed by atoms with van der Waals surface area (Å²) in [6.07, 6.45) is 1.71. The van der Waals surface area contributed by atoms with Gasteiger partial charge in [0, 0.05) is 49.7 Å². The van der Waals surface area contributed by atoms with Crippen LogP contribution in [0.4, 0.5) is 10.2 Å². The number of aryl methyl sites for hydroxylation is 1. The highest BCUT2D eigenvalue weighted by molar-refractivity contribution is 6.31. The van der Waals surface area contributed by atoms with Crippen LogP contribution in [0.25, 0.3) is 0 Å². The topological polar surface area (TPSA) is 84.5 Å². The third-order valence-corrected chi connectivity index (χ3v) is 4.89. The molecule has 2 aromatic rings. The smallest absolute Gasteiger partial charge is 0.358 e. The summed E-state index contributed by atoms with van der Waals surface area (Å²) in [6.45, 7) is 3.05. The molecule has 1 amide bonds. The van der Waals surface area contributed by atoms with Crippen LogP contribution in [-0.4, -0.2) is 56.6 Å². The van der Waals surface area contributed by atoms with E-state index < -0.39 is 4.92 Å². The zero-order chi connectivity index (χ0) is 19.4. The van der Waals surface area contributed by atoms with Gasteiger partial charge in [-0.2, -0.15) is 4.68 Å². The molecule has 3 rings (SSSR count). The lowest BCUT2D eigenvalue weighted by atomic mass is 10.1. The Morgan fingerprint density at radius 2 is 2.00 bits per heavy atom. The van der Waals surface area contributed by atoms with Crippen LogP contribution in [0, 0.1) is 15.9 Å². The highest BCUT2D eigenvalue weighted by Gasteiger charge is 2.23. The number of halogens is 2. The zero-order valence-electron chi connectivity index (χ0n) is 14.6. The van der Waals surface area contributed by atoms with Crippen LogP contribution in [0.5, 0.6) is 0 Å². The molecule has 0 atom stereocenters. The van der Waals surface area contributed by atoms with E-state index in [1.807, 2.05) is 0 Å². The molecule has 0 saturated carbocycles. The molecule has 1 aromatic carbocycles. The Morgan fingerprint density at radius 1 is 1.26 bits per heavy atom. The number of carbonyl (C=O) groups excluding carboxylic acids is 1. The minimum absolute atomic E-state index is 0.0308. The Hall–Kier alpha value is -2.52. The maximum atomic E-state index is 13.9. The van der Waals surface area contributed by atoms with Gasteiger partial charge in [0.15, 0.2) is 0 Å². The molecule has 27 heavy (non-hydrogen) atoms. The van der Waals surface area contributed by atoms with Crippen molar-refractivity contribution in [1.29, 1.82) is 0 Å². The van der Waals surface area contributed by atoms with Gasteiger partial charge in [0.05, 0.1) is 23.9 Å². The predicted octanol–water partition coefficient (Wildman–Crippen LogP) is 2.32. The molecular formula is C17H19ClFN5O3. The molecule has 1 fully saturated rings. The van der Waals surface area contributed by atoms with Crippen LogP contribution in [0.3, 0.4) is 0 Å². The van der Waals surface area contributed by atoms with Crippen molar-refractivity contribution in [3.8, 4) is 0 Å². The number of hydrogen-bond acceptors (Lipinski definition) is 5. The van der Waals surface area contributed by atoms with Gasteiger partial charge in [-0.05, 0) is 17.1 Å². The van der Waals surface area contributed by atoms with Crippen molar-refractivity contribution < 1.29 is 14.1 Å². The maximum absolute atomic E-state index is 13.9. The number of piperazine rings is 1. The second kappa shape index (κ2) is 8.45. The highest BCUT2D eigenvalue weighted by Crippen LogP contribution is 2.21. The molecule has 8 nitrogen and oxygen atoms in total. The van der Waals surface area contributed by atoms with Gasteiger partial charge in [0.2, 0.25) is 5.91 Å². The molecule has 1 aromatic heterocycles. The number of benzene rings is 1. The quantitative estimate of drug-likeness (QED) is 0.553. The van der Waals surface area contributed by atoms with Crippen LogP contribution < -0.4 is 0 Å². The Balaban J connectivity index is 1.47. The standard InChI is InChI=1S/C17H19ClFN5O3/c18-14-2-1-3-15(19)13(14)12-21-8-10-22(11-9-21)17(25)5-7-23-6-4-16(20-23)24(26)27/h1-4,6H,5,7-12H2. The van der Waals surface area contributed by atoms with Gasteiger partial charge in [-0.1, -0.05) is 17.7 Å². The van der Waals surface area contributed by atoms with E-state index in [1.54, 1.807) is 17.0 Å². The van der Waals surface area contributed by atoms with Gasteiger partial charge in [-0.15, -0.1) is 0 Å². The van der Waals surface area contributed by atoms with Crippen LogP contribution >= 0.6 is 11.6 Å². The molecule has 1 aliphatic rings. The number of hydrogen-bond donors (Lipinski definition) is 0. The fourth-order valence-corrected chi connectivity index (χ4v) is 3.23. The molecule has 0 N–H and O–H groups in total. The van der Waals surface area contributed by atoms with E-state index in [0.717, 1.165) is 0 Å². The predicted molar refractivity (Wildman–Crippen MR) is 96.8 cm³/mol. The Kier molecular flexibility index (Phi) is 6.02. The molecule has 2 heterocycles. The molecule has 1 aliphatic heterocycles. The third-order valence-electron chi connectivity index (χ3n) is 4.54. The number of nitro groups is 1. The van der Waals surface area contributed by atoms with E-state index in [-0.39, 0.29) is 30.5 Å². The highest BCUT2D eigenvalue weighted by atomic mass is 35.5. The number of aromatic nitrogens is 2. The van der Waals surface area contributed by atoms with Crippen LogP contribution in [0.1, 0.15) is 12.0 Å². The molecule has 0 radical (unpaired) electrons. The molecule has 10 heteroatoms. The summed E-state index contributed by atoms with van der Waals surface area (Å²) >= 11 is 6.07. The third kappa shape index (κ3) is 4.81. The van der Waals surface area contributed by atoms with Gasteiger partial charge in [-0.25, -0.2) is 4.39 Å². The van der Waals surface area contributed by atoms with Gasteiger partial charge >= 0.3 is 5.82 Å². The van der Waals surface area contributed by atoms with E-state index in [0.29, 0.717) is 43.3 Å². The average molecular weight is 396 g/mol. The van der Waals surface area contributed by atoms with Crippen LogP contribution in [0.15, 0.2) is 30.5 Å². The van der Waals surface area contributed by atoms with Crippen molar-refractivity contribution in [2.75, 3.05) is 26.2 Å². The first-order valence-electron chi connectivity index (χ1n) is 8.55. The van der Waals surface area contributed by atoms with Crippen molar-refractivity contribution in [3.05, 3.63) is 57.0 Å². The largest absolute Gasteiger partial charge is 0.389 e. The molecule has 144 valence electrons. The normalized spacial score (nSPS) is 15.1. The summed E-state index contributed by atoms with van der Waals surface area (Å²) < 4.78 is 15.3. The summed E-state index contributed by atoms with van der Waals surface area (Å²) in [4.78, 5) is 26.2. The first-order valence-corrected chi connectivity index (χ1v) is 8.92. The van der Waals surface area contributed by atoms with Crippen molar-refractivity contribution in [3.63, 3.8) is 0 Å². The van der Waals surface area contributed by atoms with Gasteiger partial charge in [-0.3, -0.25) is 9.69 Å². The van der Waals surface area contributed by atoms with E-state index in [2.05, 4.69) is 10.00 Å². The maximum Gasteiger partial charge on any atom is 0.389 e.